The zero-order valence-electron chi connectivity index (χ0n) is 13.0. The summed E-state index contributed by atoms with van der Waals surface area (Å²) < 4.78 is 5.41. The number of aromatic nitrogens is 1. The summed E-state index contributed by atoms with van der Waals surface area (Å²) in [6, 6.07) is 7.34. The van der Waals surface area contributed by atoms with Gasteiger partial charge in [0.2, 0.25) is 0 Å². The molecule has 1 aromatic carbocycles. The molecule has 0 fully saturated rings. The van der Waals surface area contributed by atoms with E-state index in [9.17, 15) is 9.59 Å². The second kappa shape index (κ2) is 6.84. The summed E-state index contributed by atoms with van der Waals surface area (Å²) in [5.41, 5.74) is 1.70. The maximum absolute atomic E-state index is 12.3. The fourth-order valence-electron chi connectivity index (χ4n) is 2.31. The molecule has 6 nitrogen and oxygen atoms in total. The summed E-state index contributed by atoms with van der Waals surface area (Å²) in [5.74, 6) is -0.954. The number of benzene rings is 1. The number of hydrogen-bond donors (Lipinski definition) is 2. The number of carboxylic acid groups (broad SMARTS) is 1. The van der Waals surface area contributed by atoms with Crippen molar-refractivity contribution in [3.8, 4) is 10.6 Å². The van der Waals surface area contributed by atoms with Crippen LogP contribution in [0.15, 0.2) is 38.9 Å². The summed E-state index contributed by atoms with van der Waals surface area (Å²) in [6.07, 6.45) is 0.839. The average molecular weight is 344 g/mol. The number of carbonyl (C=O) groups is 1. The zero-order chi connectivity index (χ0) is 17.1. The molecule has 24 heavy (non-hydrogen) atoms. The molecular weight excluding hydrogens is 328 g/mol. The molecule has 0 unspecified atom stereocenters. The number of nitrogens with one attached hydrogen (secondary N) is 1. The molecule has 3 aromatic rings. The van der Waals surface area contributed by atoms with Gasteiger partial charge in [-0.05, 0) is 24.6 Å². The highest BCUT2D eigenvalue weighted by Crippen LogP contribution is 2.26. The van der Waals surface area contributed by atoms with E-state index in [0.29, 0.717) is 21.8 Å². The van der Waals surface area contributed by atoms with Crippen LogP contribution < -0.4 is 10.9 Å². The van der Waals surface area contributed by atoms with Crippen LogP contribution in [0.2, 0.25) is 0 Å². The molecule has 7 heteroatoms. The number of rotatable bonds is 6. The molecule has 2 heterocycles. The normalized spacial score (nSPS) is 10.9. The maximum Gasteiger partial charge on any atom is 0.346 e. The molecule has 2 N–H and O–H groups in total. The van der Waals surface area contributed by atoms with Crippen LogP contribution in [-0.4, -0.2) is 22.6 Å². The van der Waals surface area contributed by atoms with Crippen LogP contribution in [0, 0.1) is 0 Å². The molecule has 0 aliphatic rings. The molecule has 0 spiro atoms. The first kappa shape index (κ1) is 16.2. The van der Waals surface area contributed by atoms with Gasteiger partial charge in [0.05, 0.1) is 17.7 Å². The quantitative estimate of drug-likeness (QED) is 0.666. The van der Waals surface area contributed by atoms with Crippen LogP contribution in [0.4, 0.5) is 5.69 Å². The van der Waals surface area contributed by atoms with E-state index >= 15 is 0 Å². The summed E-state index contributed by atoms with van der Waals surface area (Å²) in [5, 5.41) is 15.0. The lowest BCUT2D eigenvalue weighted by atomic mass is 10.1. The molecular formula is C17H16N2O4S. The molecule has 0 saturated carbocycles. The molecule has 2 aromatic heterocycles. The van der Waals surface area contributed by atoms with Gasteiger partial charge in [0.15, 0.2) is 0 Å². The first-order chi connectivity index (χ1) is 11.6. The van der Waals surface area contributed by atoms with Crippen molar-refractivity contribution < 1.29 is 14.3 Å². The van der Waals surface area contributed by atoms with E-state index in [1.807, 2.05) is 12.1 Å². The van der Waals surface area contributed by atoms with Crippen molar-refractivity contribution in [1.82, 2.24) is 4.98 Å². The minimum absolute atomic E-state index is 0.165. The molecule has 0 aliphatic carbocycles. The Kier molecular flexibility index (Phi) is 4.61. The topological polar surface area (TPSA) is 92.4 Å². The molecule has 0 aliphatic heterocycles. The lowest BCUT2D eigenvalue weighted by Gasteiger charge is -2.06. The van der Waals surface area contributed by atoms with E-state index in [-0.39, 0.29) is 6.42 Å². The summed E-state index contributed by atoms with van der Waals surface area (Å²) in [6.45, 7) is 2.92. The van der Waals surface area contributed by atoms with E-state index in [1.165, 1.54) is 11.3 Å². The van der Waals surface area contributed by atoms with Gasteiger partial charge in [-0.1, -0.05) is 6.92 Å². The van der Waals surface area contributed by atoms with E-state index in [2.05, 4.69) is 17.2 Å². The predicted octanol–water partition coefficient (Wildman–Crippen LogP) is 3.37. The van der Waals surface area contributed by atoms with Crippen molar-refractivity contribution in [2.75, 3.05) is 11.9 Å². The Bertz CT molecular complexity index is 945. The van der Waals surface area contributed by atoms with Gasteiger partial charge in [-0.25, -0.2) is 9.78 Å². The monoisotopic (exact) mass is 344 g/mol. The second-order valence-electron chi connectivity index (χ2n) is 5.34. The summed E-state index contributed by atoms with van der Waals surface area (Å²) >= 11 is 1.23. The van der Waals surface area contributed by atoms with Gasteiger partial charge in [-0.3, -0.25) is 4.79 Å². The Labute approximate surface area is 141 Å². The second-order valence-corrected chi connectivity index (χ2v) is 6.20. The minimum Gasteiger partial charge on any atom is -0.481 e. The number of hydrogen-bond acceptors (Lipinski definition) is 6. The third-order valence-electron chi connectivity index (χ3n) is 3.43. The van der Waals surface area contributed by atoms with Crippen molar-refractivity contribution in [3.05, 3.63) is 45.8 Å². The van der Waals surface area contributed by atoms with Gasteiger partial charge in [-0.2, -0.15) is 0 Å². The third-order valence-corrected chi connectivity index (χ3v) is 4.35. The van der Waals surface area contributed by atoms with Gasteiger partial charge in [0.25, 0.3) is 0 Å². The van der Waals surface area contributed by atoms with Crippen LogP contribution in [0.5, 0.6) is 0 Å². The smallest absolute Gasteiger partial charge is 0.346 e. The van der Waals surface area contributed by atoms with Crippen molar-refractivity contribution in [2.45, 2.75) is 19.8 Å². The standard InChI is InChI=1S/C17H16N2O4S/c1-2-5-18-11-4-3-10-6-13(17(22)23-14(10)7-11)16-19-12(9-24-16)8-15(20)21/h3-4,6-7,9,18H,2,5,8H2,1H3,(H,20,21). The van der Waals surface area contributed by atoms with E-state index in [4.69, 9.17) is 9.52 Å². The van der Waals surface area contributed by atoms with Gasteiger partial charge in [0, 0.05) is 29.1 Å². The largest absolute Gasteiger partial charge is 0.481 e. The molecule has 0 amide bonds. The van der Waals surface area contributed by atoms with Crippen LogP contribution >= 0.6 is 11.3 Å². The highest BCUT2D eigenvalue weighted by Gasteiger charge is 2.13. The van der Waals surface area contributed by atoms with Gasteiger partial charge < -0.3 is 14.8 Å². The summed E-state index contributed by atoms with van der Waals surface area (Å²) in [4.78, 5) is 27.2. The Morgan fingerprint density at radius 1 is 1.38 bits per heavy atom. The molecule has 0 bridgehead atoms. The fourth-order valence-corrected chi connectivity index (χ4v) is 3.13. The minimum atomic E-state index is -0.954. The van der Waals surface area contributed by atoms with Crippen molar-refractivity contribution in [3.63, 3.8) is 0 Å². The van der Waals surface area contributed by atoms with E-state index in [1.54, 1.807) is 17.5 Å². The number of fused-ring (bicyclic) bond motifs is 1. The number of nitrogens with zero attached hydrogens (tertiary/aromatic N) is 1. The van der Waals surface area contributed by atoms with Crippen molar-refractivity contribution in [2.24, 2.45) is 0 Å². The molecule has 3 rings (SSSR count). The van der Waals surface area contributed by atoms with Gasteiger partial charge >= 0.3 is 11.6 Å². The Morgan fingerprint density at radius 2 is 2.21 bits per heavy atom. The van der Waals surface area contributed by atoms with Crippen molar-refractivity contribution >= 4 is 34.0 Å². The van der Waals surface area contributed by atoms with Crippen LogP contribution in [0.3, 0.4) is 0 Å². The lowest BCUT2D eigenvalue weighted by molar-refractivity contribution is -0.136. The van der Waals surface area contributed by atoms with Crippen LogP contribution in [0.1, 0.15) is 19.0 Å². The van der Waals surface area contributed by atoms with E-state index in [0.717, 1.165) is 24.0 Å². The molecule has 124 valence electrons. The van der Waals surface area contributed by atoms with Crippen LogP contribution in [-0.2, 0) is 11.2 Å². The average Bonchev–Trinajstić information content (AvgIpc) is 2.99. The number of anilines is 1. The first-order valence-corrected chi connectivity index (χ1v) is 8.43. The van der Waals surface area contributed by atoms with Crippen molar-refractivity contribution in [1.29, 1.82) is 0 Å². The first-order valence-electron chi connectivity index (χ1n) is 7.55. The SMILES string of the molecule is CCCNc1ccc2cc(-c3nc(CC(=O)O)cs3)c(=O)oc2c1. The van der Waals surface area contributed by atoms with Crippen LogP contribution in [0.25, 0.3) is 21.5 Å². The number of carboxylic acids is 1. The predicted molar refractivity (Wildman–Crippen MR) is 93.7 cm³/mol. The zero-order valence-corrected chi connectivity index (χ0v) is 13.9. The van der Waals surface area contributed by atoms with E-state index < -0.39 is 11.6 Å². The summed E-state index contributed by atoms with van der Waals surface area (Å²) in [7, 11) is 0. The Balaban J connectivity index is 1.97. The third kappa shape index (κ3) is 3.46. The fraction of sp³-hybridized carbons (Fsp3) is 0.235. The van der Waals surface area contributed by atoms with Gasteiger partial charge in [0.1, 0.15) is 10.6 Å². The molecule has 0 radical (unpaired) electrons. The Hall–Kier alpha value is -2.67. The highest BCUT2D eigenvalue weighted by molar-refractivity contribution is 7.13. The number of thiazole rings is 1. The number of aliphatic carboxylic acids is 1. The lowest BCUT2D eigenvalue weighted by Crippen LogP contribution is -2.04. The molecule has 0 atom stereocenters. The molecule has 0 saturated heterocycles. The Morgan fingerprint density at radius 3 is 2.96 bits per heavy atom. The van der Waals surface area contributed by atoms with Gasteiger partial charge in [-0.15, -0.1) is 11.3 Å². The maximum atomic E-state index is 12.3. The highest BCUT2D eigenvalue weighted by atomic mass is 32.1.